The van der Waals surface area contributed by atoms with Gasteiger partial charge in [-0.1, -0.05) is 111 Å². The molecule has 0 saturated carbocycles. The number of carboxylic acids is 2. The fourth-order valence-electron chi connectivity index (χ4n) is 12.6. The van der Waals surface area contributed by atoms with Gasteiger partial charge in [-0.05, 0) is 179 Å². The number of aliphatic carboxylic acids is 2. The molecule has 0 amide bonds. The van der Waals surface area contributed by atoms with Gasteiger partial charge in [-0.2, -0.15) is 20.4 Å². The van der Waals surface area contributed by atoms with Gasteiger partial charge in [-0.3, -0.25) is 28.3 Å². The molecule has 0 bridgehead atoms. The molecule has 6 N–H and O–H groups in total. The Morgan fingerprint density at radius 3 is 0.950 bits per heavy atom. The Hall–Kier alpha value is -14.3. The highest BCUT2D eigenvalue weighted by Crippen LogP contribution is 2.33. The molecule has 0 saturated heterocycles. The Morgan fingerprint density at radius 2 is 0.664 bits per heavy atom. The Morgan fingerprint density at radius 1 is 0.378 bits per heavy atom. The molecule has 594 valence electrons. The molecule has 0 aliphatic rings. The van der Waals surface area contributed by atoms with Gasteiger partial charge in [0, 0.05) is 165 Å². The fraction of sp³-hybridized carbons (Fsp3) is 0.174. The van der Waals surface area contributed by atoms with E-state index in [0.29, 0.717) is 46.3 Å². The van der Waals surface area contributed by atoms with Crippen LogP contribution < -0.4 is 21.3 Å². The number of fused-ring (bicyclic) bond motifs is 4. The van der Waals surface area contributed by atoms with Crippen LogP contribution in [0.4, 0.5) is 46.5 Å². The zero-order valence-corrected chi connectivity index (χ0v) is 71.5. The third kappa shape index (κ3) is 23.0. The summed E-state index contributed by atoms with van der Waals surface area (Å²) in [4.78, 5) is 58.7. The van der Waals surface area contributed by atoms with Crippen molar-refractivity contribution in [2.75, 3.05) is 21.3 Å². The minimum Gasteiger partial charge on any atom is -0.481 e. The van der Waals surface area contributed by atoms with Crippen molar-refractivity contribution in [3.8, 4) is 79.8 Å². The number of benzene rings is 8. The van der Waals surface area contributed by atoms with Gasteiger partial charge in [-0.15, -0.1) is 17.5 Å². The van der Waals surface area contributed by atoms with E-state index in [1.807, 2.05) is 167 Å². The molecule has 0 atom stereocenters. The molecule has 0 aliphatic carbocycles. The molecule has 119 heavy (non-hydrogen) atoms. The Kier molecular flexibility index (Phi) is 25.5. The van der Waals surface area contributed by atoms with E-state index < -0.39 is 28.1 Å². The highest BCUT2D eigenvalue weighted by atomic mass is 79.9. The lowest BCUT2D eigenvalue weighted by molar-refractivity contribution is -0.137. The number of carboxylic acid groups (broad SMARTS) is 2. The van der Waals surface area contributed by atoms with E-state index in [4.69, 9.17) is 11.4 Å². The van der Waals surface area contributed by atoms with Crippen LogP contribution in [-0.4, -0.2) is 117 Å². The number of aromatic nitrogens is 16. The topological polar surface area (TPSA) is 297 Å². The predicted octanol–water partition coefficient (Wildman–Crippen LogP) is 18.7. The third-order valence-electron chi connectivity index (χ3n) is 18.3. The zero-order valence-electron chi connectivity index (χ0n) is 67.9. The number of carbonyl (C=O) groups is 2. The Bertz CT molecular complexity index is 6670. The number of rotatable bonds is 18. The number of hydrogen-bond donors (Lipinski definition) is 6. The quantitative estimate of drug-likeness (QED) is 0.0344. The van der Waals surface area contributed by atoms with Crippen molar-refractivity contribution in [3.63, 3.8) is 0 Å². The van der Waals surface area contributed by atoms with Gasteiger partial charge in [0.1, 0.15) is 16.1 Å². The molecule has 24 nitrogen and oxygen atoms in total. The molecule has 8 aromatic heterocycles. The first-order valence-corrected chi connectivity index (χ1v) is 46.1. The van der Waals surface area contributed by atoms with Crippen molar-refractivity contribution in [2.45, 2.75) is 78.8 Å². The van der Waals surface area contributed by atoms with E-state index in [1.165, 1.54) is 11.1 Å². The lowest BCUT2D eigenvalue weighted by atomic mass is 10.0. The smallest absolute Gasteiger partial charge is 0.307 e. The minimum absolute atomic E-state index is 0.0740. The summed E-state index contributed by atoms with van der Waals surface area (Å²) in [7, 11) is 4.68. The van der Waals surface area contributed by atoms with Crippen molar-refractivity contribution < 1.29 is 19.8 Å². The molecule has 0 spiro atoms. The molecule has 8 aromatic carbocycles. The molecule has 27 heteroatoms. The normalized spacial score (nSPS) is 11.0. The van der Waals surface area contributed by atoms with Crippen LogP contribution in [0, 0.1) is 35.3 Å². The molecule has 16 rings (SSSR count). The van der Waals surface area contributed by atoms with Crippen molar-refractivity contribution in [1.29, 1.82) is 0 Å². The first kappa shape index (κ1) is 82.7. The summed E-state index contributed by atoms with van der Waals surface area (Å²) < 4.78 is 8.00. The summed E-state index contributed by atoms with van der Waals surface area (Å²) in [5.41, 5.74) is 28.1. The van der Waals surface area contributed by atoms with Crippen LogP contribution in [0.1, 0.15) is 52.8 Å². The Labute approximate surface area is 699 Å². The van der Waals surface area contributed by atoms with E-state index in [0.717, 1.165) is 133 Å². The third-order valence-corrected chi connectivity index (χ3v) is 20.5. The standard InChI is InChI=1S/C25H25N5O2Si.C25H27N5Si.C22H19N5.C20H16BrN5O2/c1-30-16-21(15-27-30)19-10-18(12-24(31)32)11-22(13-19)28-25-26-14-20-9-17(5-6-23(20)29-25)7-8-33(2,3)4;1-6-18-11-20(22-16-27-30(2)17-22)14-23(13-18)28-25-26-15-21-12-19(7-8-24(21)29-25)9-10-31(3,4)5;1-4-15-6-7-21-18(8-15)12-23-22(26-21)25-20-10-16(5-2)9-17(11-20)19-13-24-27(3)14-19;1-26-11-15(10-23-26)13-4-12(6-19(27)28)5-17(8-13)24-20-22-9-14-7-16(21)2-3-18(14)25-20/h5-6,9-11,13-16H,12H2,1-4H3,(H,31,32)(H,26,28,29);7-8,11-17H,6H2,1-5H3,(H,26,28,29);1,6-14H,5H2,2-3H3,(H,23,25,26);2-5,7-11H,6H2,1H3,(H,27,28)(H,22,24,25). The summed E-state index contributed by atoms with van der Waals surface area (Å²) in [5.74, 6) is 9.44. The second kappa shape index (κ2) is 36.7. The summed E-state index contributed by atoms with van der Waals surface area (Å²) in [6, 6.07) is 47.5. The fourth-order valence-corrected chi connectivity index (χ4v) is 14.0. The predicted molar refractivity (Wildman–Crippen MR) is 483 cm³/mol. The molecule has 0 fully saturated rings. The molecule has 0 radical (unpaired) electrons. The molecular formula is C92H87BrN20O4Si2. The van der Waals surface area contributed by atoms with Crippen LogP contribution in [0.3, 0.4) is 0 Å². The number of nitrogens with zero attached hydrogens (tertiary/aromatic N) is 16. The number of hydrogen-bond acceptors (Lipinski definition) is 18. The minimum atomic E-state index is -1.45. The monoisotopic (exact) mass is 1670 g/mol. The lowest BCUT2D eigenvalue weighted by Crippen LogP contribution is -2.16. The van der Waals surface area contributed by atoms with E-state index >= 15 is 0 Å². The van der Waals surface area contributed by atoms with Crippen molar-refractivity contribution in [2.24, 2.45) is 28.2 Å². The first-order chi connectivity index (χ1) is 57.0. The molecule has 0 unspecified atom stereocenters. The van der Waals surface area contributed by atoms with Crippen LogP contribution in [0.15, 0.2) is 224 Å². The molecular weight excluding hydrogens is 1590 g/mol. The number of terminal acetylenes is 1. The first-order valence-electron chi connectivity index (χ1n) is 38.3. The SMILES string of the molecule is C#Cc1ccc2nc(Nc3cc(CC)cc(-c4cnn(C)c4)c3)ncc2c1.CCc1cc(Nc2ncc3cc(C#C[Si](C)(C)C)ccc3n2)cc(-c2cnn(C)c2)c1.Cn1cc(-c2cc(CC(=O)O)cc(Nc3ncc4cc(Br)ccc4n3)c2)cn1.Cn1cc(-c2cc(CC(=O)O)cc(Nc3ncc4cc(C#C[Si](C)(C)C)ccc4n3)c2)cn1. The molecule has 0 aliphatic heterocycles. The second-order valence-electron chi connectivity index (χ2n) is 30.6. The summed E-state index contributed by atoms with van der Waals surface area (Å²) in [5, 5.41) is 52.3. The maximum atomic E-state index is 11.3. The van der Waals surface area contributed by atoms with E-state index in [2.05, 4.69) is 217 Å². The van der Waals surface area contributed by atoms with Gasteiger partial charge in [0.25, 0.3) is 0 Å². The maximum absolute atomic E-state index is 11.3. The van der Waals surface area contributed by atoms with E-state index in [1.54, 1.807) is 57.2 Å². The van der Waals surface area contributed by atoms with Crippen LogP contribution in [-0.2, 0) is 63.5 Å². The van der Waals surface area contributed by atoms with Crippen molar-refractivity contribution in [1.82, 2.24) is 79.0 Å². The zero-order chi connectivity index (χ0) is 84.1. The molecule has 16 aromatic rings. The van der Waals surface area contributed by atoms with Crippen LogP contribution in [0.2, 0.25) is 39.3 Å². The van der Waals surface area contributed by atoms with E-state index in [9.17, 15) is 19.8 Å². The Balaban J connectivity index is 0.000000138. The number of halogens is 1. The highest BCUT2D eigenvalue weighted by molar-refractivity contribution is 9.10. The number of nitrogens with one attached hydrogen (secondary N) is 4. The summed E-state index contributed by atoms with van der Waals surface area (Å²) in [6.07, 6.45) is 29.4. The van der Waals surface area contributed by atoms with Gasteiger partial charge < -0.3 is 31.5 Å². The summed E-state index contributed by atoms with van der Waals surface area (Å²) >= 11 is 3.44. The van der Waals surface area contributed by atoms with Gasteiger partial charge in [0.2, 0.25) is 23.8 Å². The van der Waals surface area contributed by atoms with Gasteiger partial charge in [-0.25, -0.2) is 39.9 Å². The summed E-state index contributed by atoms with van der Waals surface area (Å²) in [6.45, 7) is 17.7. The number of anilines is 8. The van der Waals surface area contributed by atoms with Crippen LogP contribution in [0.5, 0.6) is 0 Å². The van der Waals surface area contributed by atoms with Crippen molar-refractivity contribution >= 4 is 134 Å². The highest BCUT2D eigenvalue weighted by Gasteiger charge is 2.17. The average Bonchev–Trinajstić information content (AvgIpc) is 1.46. The van der Waals surface area contributed by atoms with Crippen LogP contribution in [0.25, 0.3) is 88.1 Å². The largest absolute Gasteiger partial charge is 0.481 e. The van der Waals surface area contributed by atoms with Gasteiger partial charge in [0.05, 0.1) is 59.7 Å². The average molecular weight is 1670 g/mol. The lowest BCUT2D eigenvalue weighted by Gasteiger charge is -2.10. The molecule has 8 heterocycles. The second-order valence-corrected chi connectivity index (χ2v) is 41.0. The van der Waals surface area contributed by atoms with Crippen molar-refractivity contribution in [3.05, 3.63) is 263 Å². The van der Waals surface area contributed by atoms with Gasteiger partial charge >= 0.3 is 11.9 Å². The van der Waals surface area contributed by atoms with Gasteiger partial charge in [0.15, 0.2) is 0 Å². The van der Waals surface area contributed by atoms with E-state index in [-0.39, 0.29) is 12.8 Å². The van der Waals surface area contributed by atoms with Crippen LogP contribution >= 0.6 is 15.9 Å². The maximum Gasteiger partial charge on any atom is 0.307 e. The number of aryl methyl sites for hydroxylation is 6.